The third-order valence-electron chi connectivity index (χ3n) is 3.88. The first-order chi connectivity index (χ1) is 11.7. The number of benzene rings is 2. The number of fused-ring (bicyclic) bond motifs is 1. The summed E-state index contributed by atoms with van der Waals surface area (Å²) in [4.78, 5) is 0. The van der Waals surface area contributed by atoms with Crippen molar-refractivity contribution >= 4 is 39.3 Å². The van der Waals surface area contributed by atoms with Gasteiger partial charge in [0.05, 0.1) is 0 Å². The molecule has 3 aromatic rings. The van der Waals surface area contributed by atoms with Gasteiger partial charge >= 0.3 is 63.8 Å². The standard InChI is InChI=1S/C9H7.C7H9.C7H6.CH3.2ClH.Zr/c1-2-5-9-7-3-6-8(9)4-1;1-6-4-3-5-7(6)2;1-7-5-3-2-4-6-7;;;;/h1-7H;4H,3H2,1-2H3;1-6H;1H3;2*1H;/q2*-1;;-1;;;. The van der Waals surface area contributed by atoms with Crippen LogP contribution in [0.2, 0.25) is 0 Å². The van der Waals surface area contributed by atoms with Gasteiger partial charge in [-0.1, -0.05) is 13.0 Å². The molecule has 0 saturated carbocycles. The third kappa shape index (κ3) is 10.1. The van der Waals surface area contributed by atoms with E-state index in [0.29, 0.717) is 0 Å². The molecule has 0 N–H and O–H groups in total. The van der Waals surface area contributed by atoms with Gasteiger partial charge in [0.15, 0.2) is 0 Å². The summed E-state index contributed by atoms with van der Waals surface area (Å²) in [5.74, 6) is 0. The molecule has 3 heteroatoms. The molecule has 1 aliphatic rings. The second-order valence-electron chi connectivity index (χ2n) is 5.60. The molecule has 27 heavy (non-hydrogen) atoms. The second-order valence-corrected chi connectivity index (χ2v) is 6.31. The van der Waals surface area contributed by atoms with Gasteiger partial charge in [0, 0.05) is 0 Å². The molecule has 0 nitrogen and oxygen atoms in total. The van der Waals surface area contributed by atoms with Gasteiger partial charge in [-0.05, 0) is 0 Å². The molecule has 0 amide bonds. The van der Waals surface area contributed by atoms with Crippen molar-refractivity contribution in [3.8, 4) is 0 Å². The van der Waals surface area contributed by atoms with Crippen LogP contribution in [0, 0.1) is 13.5 Å². The molecule has 0 saturated heterocycles. The van der Waals surface area contributed by atoms with Crippen molar-refractivity contribution in [1.29, 1.82) is 0 Å². The zero-order chi connectivity index (χ0) is 17.2. The van der Waals surface area contributed by atoms with Gasteiger partial charge in [0.25, 0.3) is 0 Å². The molecule has 1 aliphatic carbocycles. The van der Waals surface area contributed by atoms with Crippen molar-refractivity contribution in [3.05, 3.63) is 109 Å². The summed E-state index contributed by atoms with van der Waals surface area (Å²) < 4.78 is 2.17. The molecule has 0 aromatic heterocycles. The number of allylic oxidation sites excluding steroid dienone is 4. The first-order valence-electron chi connectivity index (χ1n) is 8.11. The third-order valence-corrected chi connectivity index (χ3v) is 4.70. The minimum absolute atomic E-state index is 0. The Bertz CT molecular complexity index is 783. The first kappa shape index (κ1) is 28.1. The van der Waals surface area contributed by atoms with E-state index >= 15 is 0 Å². The summed E-state index contributed by atoms with van der Waals surface area (Å²) in [5.41, 5.74) is 4.03. The van der Waals surface area contributed by atoms with E-state index < -0.39 is 0 Å². The largest absolute Gasteiger partial charge is 0.168 e. The monoisotopic (exact) mass is 475 g/mol. The van der Waals surface area contributed by atoms with Crippen LogP contribution in [0.4, 0.5) is 0 Å². The summed E-state index contributed by atoms with van der Waals surface area (Å²) in [7, 11) is 0. The first-order valence-corrected chi connectivity index (χ1v) is 9.53. The fourth-order valence-corrected chi connectivity index (χ4v) is 2.74. The summed E-state index contributed by atoms with van der Waals surface area (Å²) in [5, 5.41) is 2.66. The second kappa shape index (κ2) is 15.9. The SMILES string of the molecule is CC1=[C-]CC=C1C.Cl.Cl.[CH3-].[Zr]=[CH]c1ccccc1.c1ccc2[cH-]ccc2c1. The van der Waals surface area contributed by atoms with Crippen LogP contribution in [0.25, 0.3) is 10.8 Å². The Morgan fingerprint density at radius 1 is 0.926 bits per heavy atom. The maximum atomic E-state index is 3.19. The fraction of sp³-hybridized carbons (Fsp3) is 0.125. The molecule has 0 unspecified atom stereocenters. The van der Waals surface area contributed by atoms with Crippen LogP contribution in [-0.2, 0) is 24.2 Å². The van der Waals surface area contributed by atoms with Crippen molar-refractivity contribution in [2.75, 3.05) is 0 Å². The van der Waals surface area contributed by atoms with Crippen LogP contribution in [-0.4, -0.2) is 3.71 Å². The van der Waals surface area contributed by atoms with Gasteiger partial charge in [-0.3, -0.25) is 6.08 Å². The Morgan fingerprint density at radius 2 is 1.56 bits per heavy atom. The maximum absolute atomic E-state index is 3.19. The van der Waals surface area contributed by atoms with E-state index in [4.69, 9.17) is 0 Å². The van der Waals surface area contributed by atoms with E-state index in [9.17, 15) is 0 Å². The van der Waals surface area contributed by atoms with Crippen LogP contribution in [0.5, 0.6) is 0 Å². The molecule has 0 heterocycles. The van der Waals surface area contributed by atoms with Crippen molar-refractivity contribution in [2.24, 2.45) is 0 Å². The minimum Gasteiger partial charge on any atom is -0.168 e. The van der Waals surface area contributed by atoms with Gasteiger partial charge in [-0.25, -0.2) is 11.1 Å². The smallest absolute Gasteiger partial charge is 0.0809 e. The van der Waals surface area contributed by atoms with Crippen molar-refractivity contribution in [1.82, 2.24) is 0 Å². The van der Waals surface area contributed by atoms with Gasteiger partial charge in [-0.15, -0.1) is 67.8 Å². The van der Waals surface area contributed by atoms with Crippen LogP contribution < -0.4 is 0 Å². The zero-order valence-corrected chi connectivity index (χ0v) is 20.2. The Labute approximate surface area is 191 Å². The van der Waals surface area contributed by atoms with Crippen LogP contribution in [0.15, 0.2) is 90.0 Å². The predicted molar refractivity (Wildman–Crippen MR) is 123 cm³/mol. The minimum atomic E-state index is 0. The molecule has 0 radical (unpaired) electrons. The fourth-order valence-electron chi connectivity index (χ4n) is 2.27. The average Bonchev–Trinajstić information content (AvgIpc) is 3.26. The molecular weight excluding hydrogens is 450 g/mol. The molecule has 0 bridgehead atoms. The van der Waals surface area contributed by atoms with E-state index in [1.165, 1.54) is 51.7 Å². The van der Waals surface area contributed by atoms with E-state index in [2.05, 4.69) is 96.4 Å². The van der Waals surface area contributed by atoms with E-state index in [-0.39, 0.29) is 32.2 Å². The molecule has 144 valence electrons. The summed E-state index contributed by atoms with van der Waals surface area (Å²) >= 11 is 1.46. The van der Waals surface area contributed by atoms with Gasteiger partial charge in [0.1, 0.15) is 0 Å². The normalized spacial score (nSPS) is 10.9. The van der Waals surface area contributed by atoms with Crippen LogP contribution in [0.1, 0.15) is 25.8 Å². The van der Waals surface area contributed by atoms with Gasteiger partial charge < -0.3 is 7.43 Å². The van der Waals surface area contributed by atoms with Crippen molar-refractivity contribution < 1.29 is 24.2 Å². The topological polar surface area (TPSA) is 0 Å². The van der Waals surface area contributed by atoms with Crippen molar-refractivity contribution in [3.63, 3.8) is 0 Å². The number of rotatable bonds is 1. The van der Waals surface area contributed by atoms with Gasteiger partial charge in [-0.2, -0.15) is 23.6 Å². The summed E-state index contributed by atoms with van der Waals surface area (Å²) in [6.07, 6.45) is 6.41. The molecule has 0 spiro atoms. The Balaban J connectivity index is 0. The summed E-state index contributed by atoms with van der Waals surface area (Å²) in [6, 6.07) is 25.0. The van der Waals surface area contributed by atoms with Gasteiger partial charge in [0.2, 0.25) is 0 Å². The van der Waals surface area contributed by atoms with E-state index in [1.54, 1.807) is 0 Å². The molecule has 4 rings (SSSR count). The number of halogens is 2. The van der Waals surface area contributed by atoms with Crippen LogP contribution >= 0.6 is 24.8 Å². The Morgan fingerprint density at radius 3 is 2.00 bits per heavy atom. The van der Waals surface area contributed by atoms with E-state index in [0.717, 1.165) is 6.42 Å². The molecule has 0 fully saturated rings. The predicted octanol–water partition coefficient (Wildman–Crippen LogP) is 7.32. The Kier molecular flexibility index (Phi) is 16.5. The van der Waals surface area contributed by atoms with Crippen molar-refractivity contribution in [2.45, 2.75) is 20.3 Å². The molecular formula is C24H27Cl2Zr-3. The van der Waals surface area contributed by atoms with E-state index in [1.807, 2.05) is 6.07 Å². The average molecular weight is 478 g/mol. The van der Waals surface area contributed by atoms with Crippen LogP contribution in [0.3, 0.4) is 0 Å². The Hall–Kier alpha value is -1.14. The molecule has 0 aliphatic heterocycles. The zero-order valence-electron chi connectivity index (χ0n) is 16.1. The molecule has 0 atom stereocenters. The quantitative estimate of drug-likeness (QED) is 0.322. The number of hydrogen-bond donors (Lipinski definition) is 0. The maximum Gasteiger partial charge on any atom is -0.0809 e. The number of hydrogen-bond acceptors (Lipinski definition) is 0. The summed E-state index contributed by atoms with van der Waals surface area (Å²) in [6.45, 7) is 4.22. The molecule has 3 aromatic carbocycles.